The molecule has 2 atom stereocenters. The second-order valence-corrected chi connectivity index (χ2v) is 5.01. The molecule has 58 valence electrons. The minimum Gasteiger partial charge on any atom is -0.290 e. The molecule has 1 nitrogen and oxygen atoms in total. The number of rotatable bonds is 0. The fourth-order valence-electron chi connectivity index (χ4n) is 1.96. The third kappa shape index (κ3) is 1.19. The van der Waals surface area contributed by atoms with Crippen molar-refractivity contribution in [1.29, 1.82) is 0 Å². The van der Waals surface area contributed by atoms with Crippen LogP contribution < -0.4 is 0 Å². The van der Waals surface area contributed by atoms with Gasteiger partial charge in [-0.15, -0.1) is 11.8 Å². The summed E-state index contributed by atoms with van der Waals surface area (Å²) in [5.74, 6) is 0. The molecule has 2 saturated heterocycles. The lowest BCUT2D eigenvalue weighted by atomic mass is 10.1. The van der Waals surface area contributed by atoms with Gasteiger partial charge in [0.25, 0.3) is 0 Å². The number of fused-ring (bicyclic) bond motifs is 1. The van der Waals surface area contributed by atoms with E-state index in [1.165, 1.54) is 32.4 Å². The summed E-state index contributed by atoms with van der Waals surface area (Å²) in [4.78, 5) is 2.65. The first-order chi connectivity index (χ1) is 4.86. The van der Waals surface area contributed by atoms with Gasteiger partial charge in [-0.3, -0.25) is 4.90 Å². The summed E-state index contributed by atoms with van der Waals surface area (Å²) in [5.41, 5.74) is 0. The molecule has 0 aromatic rings. The monoisotopic (exact) mass is 157 g/mol. The highest BCUT2D eigenvalue weighted by molar-refractivity contribution is 8.00. The van der Waals surface area contributed by atoms with Crippen molar-refractivity contribution in [2.75, 3.05) is 13.1 Å². The van der Waals surface area contributed by atoms with E-state index in [2.05, 4.69) is 23.6 Å². The van der Waals surface area contributed by atoms with E-state index < -0.39 is 0 Å². The predicted molar refractivity (Wildman–Crippen MR) is 46.3 cm³/mol. The lowest BCUT2D eigenvalue weighted by molar-refractivity contribution is 0.226. The van der Waals surface area contributed by atoms with Crippen LogP contribution in [0.1, 0.15) is 26.2 Å². The highest BCUT2D eigenvalue weighted by Gasteiger charge is 2.31. The minimum absolute atomic E-state index is 0.892. The normalized spacial score (nSPS) is 41.7. The van der Waals surface area contributed by atoms with Crippen LogP contribution in [0, 0.1) is 0 Å². The van der Waals surface area contributed by atoms with Gasteiger partial charge in [0.1, 0.15) is 0 Å². The Balaban J connectivity index is 1.97. The molecule has 2 heteroatoms. The number of hydrogen-bond donors (Lipinski definition) is 0. The molecule has 0 radical (unpaired) electrons. The van der Waals surface area contributed by atoms with E-state index in [-0.39, 0.29) is 0 Å². The van der Waals surface area contributed by atoms with Crippen molar-refractivity contribution >= 4 is 11.8 Å². The Morgan fingerprint density at radius 3 is 3.10 bits per heavy atom. The van der Waals surface area contributed by atoms with Crippen molar-refractivity contribution in [3.8, 4) is 0 Å². The Morgan fingerprint density at radius 2 is 2.30 bits per heavy atom. The fraction of sp³-hybridized carbons (Fsp3) is 1.00. The molecule has 0 spiro atoms. The second-order valence-electron chi connectivity index (χ2n) is 3.39. The van der Waals surface area contributed by atoms with Crippen LogP contribution >= 0.6 is 11.8 Å². The first-order valence-electron chi connectivity index (χ1n) is 4.26. The van der Waals surface area contributed by atoms with E-state index in [1.807, 2.05) is 0 Å². The summed E-state index contributed by atoms with van der Waals surface area (Å²) in [6, 6.07) is 0. The van der Waals surface area contributed by atoms with Crippen molar-refractivity contribution in [2.24, 2.45) is 0 Å². The van der Waals surface area contributed by atoms with E-state index in [1.54, 1.807) is 0 Å². The number of hydrogen-bond acceptors (Lipinski definition) is 2. The highest BCUT2D eigenvalue weighted by Crippen LogP contribution is 2.35. The molecule has 2 aliphatic heterocycles. The van der Waals surface area contributed by atoms with Gasteiger partial charge in [-0.1, -0.05) is 6.92 Å². The second kappa shape index (κ2) is 2.74. The standard InChI is InChI=1S/C8H15NS/c1-7-6-9-5-3-2-4-8(9)10-7/h7-8H,2-6H2,1H3/t7-,8-/m0/s1. The third-order valence-corrected chi connectivity index (χ3v) is 3.90. The molecule has 0 aromatic carbocycles. The van der Waals surface area contributed by atoms with Gasteiger partial charge in [-0.25, -0.2) is 0 Å². The van der Waals surface area contributed by atoms with Crippen LogP contribution in [0.5, 0.6) is 0 Å². The van der Waals surface area contributed by atoms with Crippen LogP contribution in [0.25, 0.3) is 0 Å². The van der Waals surface area contributed by atoms with E-state index in [0.717, 1.165) is 10.6 Å². The highest BCUT2D eigenvalue weighted by atomic mass is 32.2. The Kier molecular flexibility index (Phi) is 1.92. The molecule has 0 saturated carbocycles. The van der Waals surface area contributed by atoms with E-state index in [0.29, 0.717) is 0 Å². The van der Waals surface area contributed by atoms with Crippen molar-refractivity contribution in [3.05, 3.63) is 0 Å². The number of piperidine rings is 1. The van der Waals surface area contributed by atoms with Gasteiger partial charge in [0.2, 0.25) is 0 Å². The van der Waals surface area contributed by atoms with Gasteiger partial charge in [0.05, 0.1) is 5.37 Å². The maximum Gasteiger partial charge on any atom is 0.0560 e. The van der Waals surface area contributed by atoms with Crippen LogP contribution in [-0.2, 0) is 0 Å². The van der Waals surface area contributed by atoms with E-state index in [9.17, 15) is 0 Å². The van der Waals surface area contributed by atoms with Gasteiger partial charge in [0.15, 0.2) is 0 Å². The molecule has 0 aromatic heterocycles. The number of thioether (sulfide) groups is 1. The lowest BCUT2D eigenvalue weighted by Crippen LogP contribution is -2.33. The Morgan fingerprint density at radius 1 is 1.40 bits per heavy atom. The molecular formula is C8H15NS. The predicted octanol–water partition coefficient (Wildman–Crippen LogP) is 1.93. The molecule has 0 bridgehead atoms. The summed E-state index contributed by atoms with van der Waals surface area (Å²) < 4.78 is 0. The Labute approximate surface area is 67.2 Å². The quantitative estimate of drug-likeness (QED) is 0.528. The van der Waals surface area contributed by atoms with Gasteiger partial charge in [-0.2, -0.15) is 0 Å². The van der Waals surface area contributed by atoms with Crippen LogP contribution in [0.3, 0.4) is 0 Å². The van der Waals surface area contributed by atoms with Crippen LogP contribution in [0.4, 0.5) is 0 Å². The van der Waals surface area contributed by atoms with Gasteiger partial charge >= 0.3 is 0 Å². The van der Waals surface area contributed by atoms with Crippen molar-refractivity contribution in [2.45, 2.75) is 36.8 Å². The number of nitrogens with zero attached hydrogens (tertiary/aromatic N) is 1. The zero-order chi connectivity index (χ0) is 6.97. The SMILES string of the molecule is C[C@H]1CN2CCCC[C@@H]2S1. The average molecular weight is 157 g/mol. The van der Waals surface area contributed by atoms with Crippen molar-refractivity contribution < 1.29 is 0 Å². The third-order valence-electron chi connectivity index (χ3n) is 2.43. The van der Waals surface area contributed by atoms with Gasteiger partial charge in [-0.05, 0) is 25.8 Å². The first-order valence-corrected chi connectivity index (χ1v) is 5.20. The van der Waals surface area contributed by atoms with Crippen LogP contribution in [0.2, 0.25) is 0 Å². The van der Waals surface area contributed by atoms with E-state index in [4.69, 9.17) is 0 Å². The molecule has 10 heavy (non-hydrogen) atoms. The topological polar surface area (TPSA) is 3.24 Å². The van der Waals surface area contributed by atoms with Crippen LogP contribution in [0.15, 0.2) is 0 Å². The maximum absolute atomic E-state index is 2.65. The minimum atomic E-state index is 0.892. The summed E-state index contributed by atoms with van der Waals surface area (Å²) >= 11 is 2.18. The first kappa shape index (κ1) is 6.99. The molecule has 0 amide bonds. The smallest absolute Gasteiger partial charge is 0.0560 e. The zero-order valence-corrected chi connectivity index (χ0v) is 7.36. The molecule has 0 unspecified atom stereocenters. The fourth-order valence-corrected chi connectivity index (χ4v) is 3.45. The molecule has 0 N–H and O–H groups in total. The summed E-state index contributed by atoms with van der Waals surface area (Å²) in [7, 11) is 0. The molecule has 2 fully saturated rings. The largest absolute Gasteiger partial charge is 0.290 e. The molecule has 2 aliphatic rings. The van der Waals surface area contributed by atoms with Gasteiger partial charge < -0.3 is 0 Å². The molecule has 2 rings (SSSR count). The summed E-state index contributed by atoms with van der Waals surface area (Å²) in [6.45, 7) is 5.06. The van der Waals surface area contributed by atoms with Gasteiger partial charge in [0, 0.05) is 11.8 Å². The summed E-state index contributed by atoms with van der Waals surface area (Å²) in [5, 5.41) is 1.78. The average Bonchev–Trinajstić information content (AvgIpc) is 2.27. The molecular weight excluding hydrogens is 142 g/mol. The molecule has 2 heterocycles. The van der Waals surface area contributed by atoms with E-state index >= 15 is 0 Å². The Bertz CT molecular complexity index is 112. The lowest BCUT2D eigenvalue weighted by Gasteiger charge is -2.27. The van der Waals surface area contributed by atoms with Crippen molar-refractivity contribution in [1.82, 2.24) is 4.90 Å². The van der Waals surface area contributed by atoms with Crippen molar-refractivity contribution in [3.63, 3.8) is 0 Å². The molecule has 0 aliphatic carbocycles. The maximum atomic E-state index is 2.65. The zero-order valence-electron chi connectivity index (χ0n) is 6.55. The summed E-state index contributed by atoms with van der Waals surface area (Å²) in [6.07, 6.45) is 4.33. The Hall–Kier alpha value is 0.310. The van der Waals surface area contributed by atoms with Crippen LogP contribution in [-0.4, -0.2) is 28.6 Å².